The number of rotatable bonds is 4. The Morgan fingerprint density at radius 3 is 2.89 bits per heavy atom. The quantitative estimate of drug-likeness (QED) is 0.899. The molecule has 19 heavy (non-hydrogen) atoms. The largest absolute Gasteiger partial charge is 0.496 e. The Kier molecular flexibility index (Phi) is 3.28. The molecule has 2 aromatic rings. The zero-order chi connectivity index (χ0) is 13.2. The lowest BCUT2D eigenvalue weighted by Gasteiger charge is -2.04. The lowest BCUT2D eigenvalue weighted by Crippen LogP contribution is -2.00. The van der Waals surface area contributed by atoms with E-state index in [9.17, 15) is 0 Å². The van der Waals surface area contributed by atoms with Crippen LogP contribution >= 0.6 is 0 Å². The van der Waals surface area contributed by atoms with E-state index in [1.165, 1.54) is 25.7 Å². The van der Waals surface area contributed by atoms with Gasteiger partial charge in [-0.2, -0.15) is 0 Å². The van der Waals surface area contributed by atoms with Gasteiger partial charge in [0, 0.05) is 18.1 Å². The average molecular weight is 256 g/mol. The van der Waals surface area contributed by atoms with E-state index in [1.807, 2.05) is 12.1 Å². The van der Waals surface area contributed by atoms with Gasteiger partial charge in [-0.3, -0.25) is 0 Å². The first-order chi connectivity index (χ1) is 9.30. The van der Waals surface area contributed by atoms with Gasteiger partial charge in [0.05, 0.1) is 18.1 Å². The van der Waals surface area contributed by atoms with Gasteiger partial charge in [0.25, 0.3) is 0 Å². The maximum absolute atomic E-state index is 5.36. The maximum Gasteiger partial charge on any atom is 0.128 e. The summed E-state index contributed by atoms with van der Waals surface area (Å²) in [6.45, 7) is 3.82. The van der Waals surface area contributed by atoms with Crippen LogP contribution in [0.4, 0.5) is 0 Å². The monoisotopic (exact) mass is 256 g/mol. The Morgan fingerprint density at radius 1 is 1.42 bits per heavy atom. The second-order valence-corrected chi connectivity index (χ2v) is 5.35. The molecule has 1 aromatic heterocycles. The molecule has 1 aliphatic carbocycles. The number of nitrogens with zero attached hydrogens (tertiary/aromatic N) is 1. The lowest BCUT2D eigenvalue weighted by atomic mass is 10.0. The van der Waals surface area contributed by atoms with Crippen molar-refractivity contribution in [1.29, 1.82) is 0 Å². The van der Waals surface area contributed by atoms with E-state index >= 15 is 0 Å². The van der Waals surface area contributed by atoms with Crippen LogP contribution in [0.15, 0.2) is 18.7 Å². The molecule has 3 heteroatoms. The highest BCUT2D eigenvalue weighted by Gasteiger charge is 2.17. The predicted octanol–water partition coefficient (Wildman–Crippen LogP) is 3.95. The predicted molar refractivity (Wildman–Crippen MR) is 78.4 cm³/mol. The fourth-order valence-corrected chi connectivity index (χ4v) is 3.03. The van der Waals surface area contributed by atoms with Crippen LogP contribution in [-0.4, -0.2) is 17.1 Å². The summed E-state index contributed by atoms with van der Waals surface area (Å²) in [5.74, 6) is 2.74. The summed E-state index contributed by atoms with van der Waals surface area (Å²) in [5.41, 5.74) is 3.06. The third-order valence-electron chi connectivity index (χ3n) is 4.06. The topological polar surface area (TPSA) is 37.9 Å². The number of aromatic amines is 1. The van der Waals surface area contributed by atoms with Gasteiger partial charge in [0.2, 0.25) is 0 Å². The number of hydrogen-bond donors (Lipinski definition) is 1. The van der Waals surface area contributed by atoms with E-state index in [4.69, 9.17) is 9.72 Å². The molecule has 0 aliphatic heterocycles. The van der Waals surface area contributed by atoms with Gasteiger partial charge in [-0.15, -0.1) is 0 Å². The molecule has 1 aliphatic rings. The number of fused-ring (bicyclic) bond motifs is 1. The number of aromatic nitrogens is 2. The van der Waals surface area contributed by atoms with Crippen LogP contribution < -0.4 is 4.74 Å². The molecule has 0 spiro atoms. The summed E-state index contributed by atoms with van der Waals surface area (Å²) in [7, 11) is 1.68. The highest BCUT2D eigenvalue weighted by atomic mass is 16.5. The van der Waals surface area contributed by atoms with Crippen molar-refractivity contribution in [3.8, 4) is 5.75 Å². The van der Waals surface area contributed by atoms with Crippen molar-refractivity contribution in [2.45, 2.75) is 32.1 Å². The molecule has 0 radical (unpaired) electrons. The number of hydrogen-bond acceptors (Lipinski definition) is 2. The van der Waals surface area contributed by atoms with Crippen LogP contribution in [0.1, 0.15) is 37.1 Å². The summed E-state index contributed by atoms with van der Waals surface area (Å²) < 4.78 is 5.36. The van der Waals surface area contributed by atoms with Gasteiger partial charge in [-0.25, -0.2) is 4.98 Å². The molecule has 0 saturated heterocycles. The molecular weight excluding hydrogens is 236 g/mol. The van der Waals surface area contributed by atoms with E-state index in [1.54, 1.807) is 7.11 Å². The first-order valence-corrected chi connectivity index (χ1v) is 6.99. The van der Waals surface area contributed by atoms with Crippen LogP contribution in [0.25, 0.3) is 17.1 Å². The van der Waals surface area contributed by atoms with E-state index in [0.717, 1.165) is 40.5 Å². The third-order valence-corrected chi connectivity index (χ3v) is 4.06. The lowest BCUT2D eigenvalue weighted by molar-refractivity contribution is 0.414. The van der Waals surface area contributed by atoms with Gasteiger partial charge in [0.1, 0.15) is 11.6 Å². The zero-order valence-corrected chi connectivity index (χ0v) is 11.4. The van der Waals surface area contributed by atoms with Crippen LogP contribution in [0.5, 0.6) is 5.75 Å². The smallest absolute Gasteiger partial charge is 0.128 e. The summed E-state index contributed by atoms with van der Waals surface area (Å²) in [6.07, 6.45) is 8.32. The van der Waals surface area contributed by atoms with Gasteiger partial charge >= 0.3 is 0 Å². The maximum atomic E-state index is 5.36. The van der Waals surface area contributed by atoms with Crippen molar-refractivity contribution in [3.63, 3.8) is 0 Å². The SMILES string of the molecule is C=Cc1cc2[nH]c(CC3CCCC3)nc2cc1OC. The third kappa shape index (κ3) is 2.37. The summed E-state index contributed by atoms with van der Waals surface area (Å²) in [4.78, 5) is 8.12. The van der Waals surface area contributed by atoms with Gasteiger partial charge in [0.15, 0.2) is 0 Å². The number of nitrogens with one attached hydrogen (secondary N) is 1. The first-order valence-electron chi connectivity index (χ1n) is 6.99. The van der Waals surface area contributed by atoms with E-state index in [2.05, 4.69) is 17.6 Å². The highest BCUT2D eigenvalue weighted by molar-refractivity contribution is 5.81. The number of benzene rings is 1. The summed E-state index contributed by atoms with van der Waals surface area (Å²) in [5, 5.41) is 0. The molecule has 3 nitrogen and oxygen atoms in total. The van der Waals surface area contributed by atoms with Crippen molar-refractivity contribution in [2.75, 3.05) is 7.11 Å². The fraction of sp³-hybridized carbons (Fsp3) is 0.438. The molecule has 1 fully saturated rings. The average Bonchev–Trinajstić information content (AvgIpc) is 3.05. The van der Waals surface area contributed by atoms with E-state index in [-0.39, 0.29) is 0 Å². The standard InChI is InChI=1S/C16H20N2O/c1-3-12-9-13-14(10-15(12)19-2)18-16(17-13)8-11-6-4-5-7-11/h3,9-11H,1,4-8H2,2H3,(H,17,18). The first kappa shape index (κ1) is 12.3. The molecule has 1 saturated carbocycles. The fourth-order valence-electron chi connectivity index (χ4n) is 3.03. The van der Waals surface area contributed by atoms with Crippen molar-refractivity contribution in [2.24, 2.45) is 5.92 Å². The highest BCUT2D eigenvalue weighted by Crippen LogP contribution is 2.29. The second-order valence-electron chi connectivity index (χ2n) is 5.35. The van der Waals surface area contributed by atoms with Crippen LogP contribution in [-0.2, 0) is 6.42 Å². The van der Waals surface area contributed by atoms with Crippen LogP contribution in [0.2, 0.25) is 0 Å². The van der Waals surface area contributed by atoms with E-state index < -0.39 is 0 Å². The summed E-state index contributed by atoms with van der Waals surface area (Å²) >= 11 is 0. The zero-order valence-electron chi connectivity index (χ0n) is 11.4. The molecule has 100 valence electrons. The van der Waals surface area contributed by atoms with Crippen molar-refractivity contribution >= 4 is 17.1 Å². The van der Waals surface area contributed by atoms with Gasteiger partial charge in [-0.1, -0.05) is 38.3 Å². The van der Waals surface area contributed by atoms with Gasteiger partial charge < -0.3 is 9.72 Å². The Morgan fingerprint density at radius 2 is 2.21 bits per heavy atom. The minimum absolute atomic E-state index is 0.807. The molecule has 0 atom stereocenters. The number of methoxy groups -OCH3 is 1. The Labute approximate surface area is 113 Å². The van der Waals surface area contributed by atoms with Crippen LogP contribution in [0, 0.1) is 5.92 Å². The molecule has 0 unspecified atom stereocenters. The van der Waals surface area contributed by atoms with Crippen molar-refractivity contribution < 1.29 is 4.74 Å². The molecule has 0 bridgehead atoms. The number of ether oxygens (including phenoxy) is 1. The summed E-state index contributed by atoms with van der Waals surface area (Å²) in [6, 6.07) is 4.05. The van der Waals surface area contributed by atoms with Gasteiger partial charge in [-0.05, 0) is 12.0 Å². The number of H-pyrrole nitrogens is 1. The van der Waals surface area contributed by atoms with Crippen LogP contribution in [0.3, 0.4) is 0 Å². The minimum atomic E-state index is 0.807. The molecular formula is C16H20N2O. The van der Waals surface area contributed by atoms with Crippen molar-refractivity contribution in [1.82, 2.24) is 9.97 Å². The normalized spacial score (nSPS) is 16.1. The Hall–Kier alpha value is -1.77. The molecule has 1 aromatic carbocycles. The molecule has 1 heterocycles. The molecule has 1 N–H and O–H groups in total. The molecule has 3 rings (SSSR count). The van der Waals surface area contributed by atoms with E-state index in [0.29, 0.717) is 0 Å². The Bertz CT molecular complexity index is 594. The minimum Gasteiger partial charge on any atom is -0.496 e. The Balaban J connectivity index is 1.93. The molecule has 0 amide bonds. The second kappa shape index (κ2) is 5.08. The van der Waals surface area contributed by atoms with Crippen molar-refractivity contribution in [3.05, 3.63) is 30.1 Å². The number of imidazole rings is 1.